The first-order chi connectivity index (χ1) is 16.5. The molecule has 0 spiro atoms. The third-order valence-corrected chi connectivity index (χ3v) is 5.82. The van der Waals surface area contributed by atoms with Crippen molar-refractivity contribution < 1.29 is 13.9 Å². The van der Waals surface area contributed by atoms with Gasteiger partial charge in [0.2, 0.25) is 5.95 Å². The molecular formula is C24H26FN7O2. The van der Waals surface area contributed by atoms with Crippen molar-refractivity contribution in [2.75, 3.05) is 32.1 Å². The second-order valence-corrected chi connectivity index (χ2v) is 8.13. The number of imidazole rings is 1. The molecule has 1 amide bonds. The van der Waals surface area contributed by atoms with E-state index in [9.17, 15) is 9.18 Å². The van der Waals surface area contributed by atoms with Crippen LogP contribution in [0.25, 0.3) is 11.4 Å². The number of carbonyl (C=O) groups excluding carboxylic acids is 1. The number of anilines is 2. The highest BCUT2D eigenvalue weighted by atomic mass is 19.1. The summed E-state index contributed by atoms with van der Waals surface area (Å²) in [7, 11) is 1.66. The Morgan fingerprint density at radius 3 is 2.71 bits per heavy atom. The maximum absolute atomic E-state index is 14.8. The Kier molecular flexibility index (Phi) is 7.13. The van der Waals surface area contributed by atoms with Crippen molar-refractivity contribution >= 4 is 17.5 Å². The smallest absolute Gasteiger partial charge is 0.253 e. The van der Waals surface area contributed by atoms with Gasteiger partial charge < -0.3 is 19.5 Å². The number of ether oxygens (including phenoxy) is 1. The van der Waals surface area contributed by atoms with Crippen LogP contribution in [0.15, 0.2) is 36.7 Å². The number of nitrogens with one attached hydrogen (secondary N) is 1. The maximum Gasteiger partial charge on any atom is 0.253 e. The molecule has 0 bridgehead atoms. The molecular weight excluding hydrogens is 437 g/mol. The Morgan fingerprint density at radius 1 is 1.26 bits per heavy atom. The number of hydrogen-bond donors (Lipinski definition) is 1. The van der Waals surface area contributed by atoms with Crippen LogP contribution in [0.3, 0.4) is 0 Å². The minimum absolute atomic E-state index is 0.168. The van der Waals surface area contributed by atoms with Crippen LogP contribution in [0.5, 0.6) is 0 Å². The van der Waals surface area contributed by atoms with E-state index in [-0.39, 0.29) is 30.0 Å². The summed E-state index contributed by atoms with van der Waals surface area (Å²) < 4.78 is 22.3. The summed E-state index contributed by atoms with van der Waals surface area (Å²) in [5.74, 6) is 0.340. The molecule has 0 aliphatic carbocycles. The Bertz CT molecular complexity index is 1200. The molecule has 1 fully saturated rings. The topological polar surface area (TPSA) is 109 Å². The zero-order valence-electron chi connectivity index (χ0n) is 19.2. The fourth-order valence-electron chi connectivity index (χ4n) is 4.00. The summed E-state index contributed by atoms with van der Waals surface area (Å²) in [5, 5.41) is 11.8. The molecule has 1 saturated heterocycles. The average Bonchev–Trinajstić information content (AvgIpc) is 3.25. The van der Waals surface area contributed by atoms with Gasteiger partial charge in [-0.15, -0.1) is 0 Å². The van der Waals surface area contributed by atoms with Crippen molar-refractivity contribution in [3.05, 3.63) is 53.9 Å². The number of nitriles is 1. The van der Waals surface area contributed by atoms with Crippen LogP contribution in [0.2, 0.25) is 0 Å². The van der Waals surface area contributed by atoms with Crippen LogP contribution in [0, 0.1) is 24.1 Å². The first-order valence-corrected chi connectivity index (χ1v) is 11.1. The van der Waals surface area contributed by atoms with E-state index in [0.717, 1.165) is 24.9 Å². The van der Waals surface area contributed by atoms with E-state index in [1.165, 1.54) is 4.90 Å². The van der Waals surface area contributed by atoms with Gasteiger partial charge in [-0.05, 0) is 44.0 Å². The van der Waals surface area contributed by atoms with Gasteiger partial charge in [-0.3, -0.25) is 4.79 Å². The zero-order chi connectivity index (χ0) is 24.1. The van der Waals surface area contributed by atoms with Crippen LogP contribution < -0.4 is 5.32 Å². The van der Waals surface area contributed by atoms with E-state index >= 15 is 0 Å². The molecule has 3 aromatic rings. The largest absolute Gasteiger partial charge is 0.381 e. The molecule has 2 aromatic heterocycles. The number of nitrogens with zero attached hydrogens (tertiary/aromatic N) is 6. The lowest BCUT2D eigenvalue weighted by atomic mass is 10.1. The minimum atomic E-state index is -0.528. The predicted octanol–water partition coefficient (Wildman–Crippen LogP) is 3.87. The number of benzene rings is 1. The molecule has 34 heavy (non-hydrogen) atoms. The molecule has 4 rings (SSSR count). The fraction of sp³-hybridized carbons (Fsp3) is 0.375. The Labute approximate surface area is 197 Å². The molecule has 1 aliphatic rings. The number of aryl methyl sites for hydroxylation is 1. The number of halogens is 1. The summed E-state index contributed by atoms with van der Waals surface area (Å²) in [4.78, 5) is 26.9. The van der Waals surface area contributed by atoms with E-state index in [0.29, 0.717) is 36.7 Å². The van der Waals surface area contributed by atoms with Gasteiger partial charge in [0, 0.05) is 44.1 Å². The summed E-state index contributed by atoms with van der Waals surface area (Å²) >= 11 is 0. The van der Waals surface area contributed by atoms with Gasteiger partial charge >= 0.3 is 0 Å². The molecule has 1 N–H and O–H groups in total. The Hall–Kier alpha value is -3.84. The molecule has 1 aromatic carbocycles. The second kappa shape index (κ2) is 10.4. The molecule has 0 atom stereocenters. The van der Waals surface area contributed by atoms with E-state index in [2.05, 4.69) is 20.3 Å². The van der Waals surface area contributed by atoms with Gasteiger partial charge in [-0.1, -0.05) is 0 Å². The summed E-state index contributed by atoms with van der Waals surface area (Å²) in [6.07, 6.45) is 4.73. The van der Waals surface area contributed by atoms with E-state index < -0.39 is 5.82 Å². The van der Waals surface area contributed by atoms with E-state index in [1.807, 2.05) is 17.6 Å². The van der Waals surface area contributed by atoms with Crippen LogP contribution >= 0.6 is 0 Å². The normalized spacial score (nSPS) is 13.9. The first kappa shape index (κ1) is 23.3. The SMILES string of the molecule is Cc1ncc(-c2nc(Nc3ccc(C(=O)N(C)CCC#N)cc3)ncc2F)n1C1CCOCC1. The lowest BCUT2D eigenvalue weighted by molar-refractivity contribution is 0.0694. The molecule has 176 valence electrons. The minimum Gasteiger partial charge on any atom is -0.381 e. The van der Waals surface area contributed by atoms with Gasteiger partial charge in [-0.2, -0.15) is 5.26 Å². The van der Waals surface area contributed by atoms with Gasteiger partial charge in [0.25, 0.3) is 5.91 Å². The Morgan fingerprint density at radius 2 is 2.00 bits per heavy atom. The van der Waals surface area contributed by atoms with Crippen molar-refractivity contribution in [2.24, 2.45) is 0 Å². The lowest BCUT2D eigenvalue weighted by Gasteiger charge is -2.26. The Balaban J connectivity index is 1.54. The van der Waals surface area contributed by atoms with Gasteiger partial charge in [-0.25, -0.2) is 19.3 Å². The van der Waals surface area contributed by atoms with Crippen molar-refractivity contribution in [3.63, 3.8) is 0 Å². The van der Waals surface area contributed by atoms with Crippen LogP contribution in [-0.2, 0) is 4.74 Å². The van der Waals surface area contributed by atoms with Gasteiger partial charge in [0.15, 0.2) is 5.82 Å². The van der Waals surface area contributed by atoms with Crippen molar-refractivity contribution in [1.29, 1.82) is 5.26 Å². The molecule has 0 radical (unpaired) electrons. The molecule has 3 heterocycles. The molecule has 0 unspecified atom stereocenters. The monoisotopic (exact) mass is 463 g/mol. The molecule has 10 heteroatoms. The zero-order valence-corrected chi connectivity index (χ0v) is 19.2. The summed E-state index contributed by atoms with van der Waals surface area (Å²) in [6, 6.07) is 9.03. The van der Waals surface area contributed by atoms with Crippen molar-refractivity contribution in [1.82, 2.24) is 24.4 Å². The standard InChI is InChI=1S/C24H26FN7O2/c1-16-27-15-21(32(16)19-8-12-34-13-9-19)22-20(25)14-28-24(30-22)29-18-6-4-17(5-7-18)23(33)31(2)11-3-10-26/h4-7,14-15,19H,3,8-9,11-13H2,1-2H3,(H,28,29,30). The van der Waals surface area contributed by atoms with Gasteiger partial charge in [0.05, 0.1) is 30.6 Å². The number of amides is 1. The quantitative estimate of drug-likeness (QED) is 0.566. The molecule has 9 nitrogen and oxygen atoms in total. The number of carbonyl (C=O) groups is 1. The summed E-state index contributed by atoms with van der Waals surface area (Å²) in [5.41, 5.74) is 1.94. The number of rotatable bonds is 7. The van der Waals surface area contributed by atoms with Crippen LogP contribution in [-0.4, -0.2) is 57.1 Å². The van der Waals surface area contributed by atoms with Crippen LogP contribution in [0.1, 0.15) is 41.5 Å². The van der Waals surface area contributed by atoms with Gasteiger partial charge in [0.1, 0.15) is 11.5 Å². The third-order valence-electron chi connectivity index (χ3n) is 5.82. The third kappa shape index (κ3) is 5.05. The summed E-state index contributed by atoms with van der Waals surface area (Å²) in [6.45, 7) is 3.59. The highest BCUT2D eigenvalue weighted by Crippen LogP contribution is 2.31. The lowest BCUT2D eigenvalue weighted by Crippen LogP contribution is -2.27. The fourth-order valence-corrected chi connectivity index (χ4v) is 4.00. The molecule has 1 aliphatic heterocycles. The highest BCUT2D eigenvalue weighted by molar-refractivity contribution is 5.94. The predicted molar refractivity (Wildman–Crippen MR) is 124 cm³/mol. The highest BCUT2D eigenvalue weighted by Gasteiger charge is 2.23. The van der Waals surface area contributed by atoms with Crippen molar-refractivity contribution in [2.45, 2.75) is 32.2 Å². The number of aromatic nitrogens is 4. The maximum atomic E-state index is 14.8. The first-order valence-electron chi connectivity index (χ1n) is 11.1. The average molecular weight is 464 g/mol. The van der Waals surface area contributed by atoms with E-state index in [1.54, 1.807) is 37.5 Å². The van der Waals surface area contributed by atoms with E-state index in [4.69, 9.17) is 10.00 Å². The molecule has 0 saturated carbocycles. The number of hydrogen-bond acceptors (Lipinski definition) is 7. The van der Waals surface area contributed by atoms with Crippen LogP contribution in [0.4, 0.5) is 16.0 Å². The van der Waals surface area contributed by atoms with Crippen molar-refractivity contribution in [3.8, 4) is 17.5 Å². The second-order valence-electron chi connectivity index (χ2n) is 8.13.